The van der Waals surface area contributed by atoms with E-state index in [1.807, 2.05) is 31.4 Å². The third-order valence-corrected chi connectivity index (χ3v) is 4.75. The summed E-state index contributed by atoms with van der Waals surface area (Å²) in [4.78, 5) is 0.494. The monoisotopic (exact) mass is 240 g/mol. The van der Waals surface area contributed by atoms with Crippen LogP contribution in [-0.4, -0.2) is 20.4 Å². The second-order valence-corrected chi connectivity index (χ2v) is 6.17. The first-order valence-corrected chi connectivity index (χ1v) is 7.55. The molecule has 1 aliphatic rings. The first-order chi connectivity index (χ1) is 7.06. The Bertz CT molecular complexity index is 528. The van der Waals surface area contributed by atoms with Gasteiger partial charge in [-0.3, -0.25) is 0 Å². The molecule has 1 aliphatic heterocycles. The van der Waals surface area contributed by atoms with Crippen molar-refractivity contribution in [2.24, 2.45) is 0 Å². The smallest absolute Gasteiger partial charge is 0.201 e. The summed E-state index contributed by atoms with van der Waals surface area (Å²) in [5.41, 5.74) is 2.63. The highest BCUT2D eigenvalue weighted by molar-refractivity contribution is 7.99. The molecule has 2 rings (SSSR count). The zero-order valence-corrected chi connectivity index (χ0v) is 10.3. The van der Waals surface area contributed by atoms with Crippen LogP contribution in [0.4, 0.5) is 0 Å². The SMILES string of the molecule is CSCC1=CS(=O)(=O)c2c(C)cccc21. The van der Waals surface area contributed by atoms with Crippen molar-refractivity contribution in [3.05, 3.63) is 34.7 Å². The van der Waals surface area contributed by atoms with Crippen LogP contribution in [0.25, 0.3) is 5.57 Å². The molecular weight excluding hydrogens is 228 g/mol. The number of benzene rings is 1. The van der Waals surface area contributed by atoms with Crippen molar-refractivity contribution in [1.29, 1.82) is 0 Å². The summed E-state index contributed by atoms with van der Waals surface area (Å²) in [6.07, 6.45) is 1.97. The van der Waals surface area contributed by atoms with Gasteiger partial charge in [-0.2, -0.15) is 11.8 Å². The molecule has 0 aromatic heterocycles. The summed E-state index contributed by atoms with van der Waals surface area (Å²) in [5.74, 6) is 0.746. The van der Waals surface area contributed by atoms with Gasteiger partial charge in [-0.1, -0.05) is 18.2 Å². The van der Waals surface area contributed by atoms with E-state index in [1.54, 1.807) is 11.8 Å². The number of hydrogen-bond donors (Lipinski definition) is 0. The van der Waals surface area contributed by atoms with E-state index in [0.717, 1.165) is 22.5 Å². The van der Waals surface area contributed by atoms with Gasteiger partial charge < -0.3 is 0 Å². The largest absolute Gasteiger partial charge is 0.219 e. The van der Waals surface area contributed by atoms with Crippen molar-refractivity contribution in [2.75, 3.05) is 12.0 Å². The van der Waals surface area contributed by atoms with Crippen molar-refractivity contribution in [2.45, 2.75) is 11.8 Å². The fourth-order valence-corrected chi connectivity index (χ4v) is 4.24. The Morgan fingerprint density at radius 3 is 2.73 bits per heavy atom. The van der Waals surface area contributed by atoms with Gasteiger partial charge in [0.2, 0.25) is 9.84 Å². The third-order valence-electron chi connectivity index (χ3n) is 2.44. The molecule has 0 fully saturated rings. The minimum Gasteiger partial charge on any atom is -0.219 e. The van der Waals surface area contributed by atoms with Gasteiger partial charge in [-0.15, -0.1) is 0 Å². The van der Waals surface area contributed by atoms with Crippen molar-refractivity contribution in [1.82, 2.24) is 0 Å². The lowest BCUT2D eigenvalue weighted by molar-refractivity contribution is 0.605. The molecule has 4 heteroatoms. The molecule has 15 heavy (non-hydrogen) atoms. The molecule has 0 unspecified atom stereocenters. The standard InChI is InChI=1S/C11H12O2S2/c1-8-4-3-5-10-9(6-14-2)7-15(12,13)11(8)10/h3-5,7H,6H2,1-2H3. The van der Waals surface area contributed by atoms with E-state index in [1.165, 1.54) is 5.41 Å². The molecule has 0 bridgehead atoms. The van der Waals surface area contributed by atoms with Crippen molar-refractivity contribution in [3.8, 4) is 0 Å². The topological polar surface area (TPSA) is 34.1 Å². The number of sulfone groups is 1. The van der Waals surface area contributed by atoms with Crippen molar-refractivity contribution in [3.63, 3.8) is 0 Å². The lowest BCUT2D eigenvalue weighted by Crippen LogP contribution is -1.96. The summed E-state index contributed by atoms with van der Waals surface area (Å²) in [6.45, 7) is 1.84. The molecular formula is C11H12O2S2. The van der Waals surface area contributed by atoms with E-state index in [4.69, 9.17) is 0 Å². The highest BCUT2D eigenvalue weighted by Gasteiger charge is 2.27. The number of thioether (sulfide) groups is 1. The molecule has 1 aromatic rings. The summed E-state index contributed by atoms with van der Waals surface area (Å²) in [7, 11) is -3.18. The van der Waals surface area contributed by atoms with Gasteiger partial charge in [-0.05, 0) is 29.9 Å². The van der Waals surface area contributed by atoms with Crippen LogP contribution < -0.4 is 0 Å². The maximum atomic E-state index is 11.9. The molecule has 0 radical (unpaired) electrons. The van der Waals surface area contributed by atoms with E-state index in [2.05, 4.69) is 0 Å². The molecule has 1 aromatic carbocycles. The van der Waals surface area contributed by atoms with Crippen LogP contribution in [0, 0.1) is 6.92 Å². The van der Waals surface area contributed by atoms with Gasteiger partial charge in [0.25, 0.3) is 0 Å². The summed E-state index contributed by atoms with van der Waals surface area (Å²) >= 11 is 1.64. The first-order valence-electron chi connectivity index (χ1n) is 4.61. The van der Waals surface area contributed by atoms with Crippen molar-refractivity contribution < 1.29 is 8.42 Å². The molecule has 0 saturated carbocycles. The predicted molar refractivity (Wildman–Crippen MR) is 64.7 cm³/mol. The Morgan fingerprint density at radius 1 is 1.33 bits per heavy atom. The van der Waals surface area contributed by atoms with Gasteiger partial charge in [0.15, 0.2) is 0 Å². The molecule has 0 aliphatic carbocycles. The molecule has 0 amide bonds. The minimum atomic E-state index is -3.18. The number of rotatable bonds is 2. The fourth-order valence-electron chi connectivity index (χ4n) is 1.86. The third kappa shape index (κ3) is 1.72. The number of aryl methyl sites for hydroxylation is 1. The fraction of sp³-hybridized carbons (Fsp3) is 0.273. The normalized spacial score (nSPS) is 17.3. The number of fused-ring (bicyclic) bond motifs is 1. The zero-order chi connectivity index (χ0) is 11.1. The Labute approximate surface area is 94.3 Å². The lowest BCUT2D eigenvalue weighted by Gasteiger charge is -2.04. The molecule has 2 nitrogen and oxygen atoms in total. The van der Waals surface area contributed by atoms with Gasteiger partial charge in [0.1, 0.15) is 0 Å². The van der Waals surface area contributed by atoms with E-state index in [-0.39, 0.29) is 0 Å². The van der Waals surface area contributed by atoms with Crippen LogP contribution in [0.2, 0.25) is 0 Å². The van der Waals surface area contributed by atoms with Crippen LogP contribution in [0.1, 0.15) is 11.1 Å². The van der Waals surface area contributed by atoms with E-state index < -0.39 is 9.84 Å². The average Bonchev–Trinajstić information content (AvgIpc) is 2.40. The predicted octanol–water partition coefficient (Wildman–Crippen LogP) is 2.49. The zero-order valence-electron chi connectivity index (χ0n) is 8.65. The van der Waals surface area contributed by atoms with Gasteiger partial charge in [0, 0.05) is 11.2 Å². The minimum absolute atomic E-state index is 0.494. The van der Waals surface area contributed by atoms with Gasteiger partial charge in [-0.25, -0.2) is 8.42 Å². The maximum Gasteiger partial charge on any atom is 0.201 e. The maximum absolute atomic E-state index is 11.9. The Hall–Kier alpha value is -0.740. The molecule has 1 heterocycles. The van der Waals surface area contributed by atoms with E-state index in [9.17, 15) is 8.42 Å². The highest BCUT2D eigenvalue weighted by atomic mass is 32.2. The van der Waals surface area contributed by atoms with Gasteiger partial charge in [0.05, 0.1) is 4.90 Å². The van der Waals surface area contributed by atoms with Crippen LogP contribution in [-0.2, 0) is 9.84 Å². The van der Waals surface area contributed by atoms with Crippen molar-refractivity contribution >= 4 is 27.2 Å². The van der Waals surface area contributed by atoms with Crippen LogP contribution in [0.3, 0.4) is 0 Å². The summed E-state index contributed by atoms with van der Waals surface area (Å²) in [6, 6.07) is 5.63. The summed E-state index contributed by atoms with van der Waals surface area (Å²) < 4.78 is 23.7. The summed E-state index contributed by atoms with van der Waals surface area (Å²) in [5, 5.41) is 1.40. The van der Waals surface area contributed by atoms with Crippen LogP contribution in [0.5, 0.6) is 0 Å². The van der Waals surface area contributed by atoms with Crippen LogP contribution in [0.15, 0.2) is 28.5 Å². The second-order valence-electron chi connectivity index (χ2n) is 3.57. The second kappa shape index (κ2) is 3.68. The lowest BCUT2D eigenvalue weighted by atomic mass is 10.1. The molecule has 0 spiro atoms. The Balaban J connectivity index is 2.68. The molecule has 0 saturated heterocycles. The first kappa shape index (κ1) is 10.8. The Kier molecular flexibility index (Phi) is 2.64. The average molecular weight is 240 g/mol. The number of hydrogen-bond acceptors (Lipinski definition) is 3. The highest BCUT2D eigenvalue weighted by Crippen LogP contribution is 2.36. The molecule has 0 atom stereocenters. The van der Waals surface area contributed by atoms with E-state index >= 15 is 0 Å². The quantitative estimate of drug-likeness (QED) is 0.796. The van der Waals surface area contributed by atoms with Gasteiger partial charge >= 0.3 is 0 Å². The molecule has 0 N–H and O–H groups in total. The van der Waals surface area contributed by atoms with E-state index in [0.29, 0.717) is 4.90 Å². The Morgan fingerprint density at radius 2 is 2.07 bits per heavy atom. The van der Waals surface area contributed by atoms with Crippen LogP contribution >= 0.6 is 11.8 Å². The molecule has 80 valence electrons.